The smallest absolute Gasteiger partial charge is 0.449 e. The zero-order valence-corrected chi connectivity index (χ0v) is 16.7. The van der Waals surface area contributed by atoms with Crippen LogP contribution in [-0.4, -0.2) is 18.4 Å². The number of alkyl halides is 3. The van der Waals surface area contributed by atoms with E-state index < -0.39 is 17.4 Å². The highest BCUT2D eigenvalue weighted by atomic mass is 32.1. The SMILES string of the molecule is FC(F)(F)c1ccc(CN2C(=S)C3(COc4cc5c(cc43)OCO5)c3ccccc32)o1. The van der Waals surface area contributed by atoms with Crippen LogP contribution in [-0.2, 0) is 18.1 Å². The van der Waals surface area contributed by atoms with Gasteiger partial charge in [-0.25, -0.2) is 0 Å². The van der Waals surface area contributed by atoms with Gasteiger partial charge in [0.1, 0.15) is 28.5 Å². The normalized spacial score (nSPS) is 20.9. The molecule has 3 aromatic rings. The van der Waals surface area contributed by atoms with Crippen molar-refractivity contribution in [2.45, 2.75) is 18.1 Å². The van der Waals surface area contributed by atoms with Gasteiger partial charge in [-0.15, -0.1) is 0 Å². The lowest BCUT2D eigenvalue weighted by Crippen LogP contribution is -2.40. The van der Waals surface area contributed by atoms with Crippen molar-refractivity contribution in [2.75, 3.05) is 18.3 Å². The molecule has 0 fully saturated rings. The third kappa shape index (κ3) is 2.52. The molecule has 5 nitrogen and oxygen atoms in total. The van der Waals surface area contributed by atoms with Gasteiger partial charge in [0.15, 0.2) is 11.5 Å². The second-order valence-electron chi connectivity index (χ2n) is 7.57. The third-order valence-corrected chi connectivity index (χ3v) is 6.47. The quantitative estimate of drug-likeness (QED) is 0.515. The molecular formula is C22H14F3NO4S. The van der Waals surface area contributed by atoms with Crippen LogP contribution in [0.1, 0.15) is 22.6 Å². The number of halogens is 3. The summed E-state index contributed by atoms with van der Waals surface area (Å²) in [5, 5.41) is 0. The van der Waals surface area contributed by atoms with E-state index in [0.717, 1.165) is 22.9 Å². The van der Waals surface area contributed by atoms with Gasteiger partial charge in [-0.1, -0.05) is 30.4 Å². The molecule has 3 aliphatic rings. The Morgan fingerprint density at radius 3 is 2.48 bits per heavy atom. The largest absolute Gasteiger partial charge is 0.491 e. The predicted molar refractivity (Wildman–Crippen MR) is 108 cm³/mol. The second-order valence-corrected chi connectivity index (χ2v) is 7.95. The van der Waals surface area contributed by atoms with E-state index in [9.17, 15) is 13.2 Å². The van der Waals surface area contributed by atoms with Crippen molar-refractivity contribution >= 4 is 22.9 Å². The lowest BCUT2D eigenvalue weighted by atomic mass is 9.77. The number of fused-ring (bicyclic) bond motifs is 5. The number of anilines is 1. The second kappa shape index (κ2) is 6.16. The molecule has 0 saturated heterocycles. The first-order chi connectivity index (χ1) is 14.9. The number of para-hydroxylation sites is 1. The van der Waals surface area contributed by atoms with Gasteiger partial charge in [0.2, 0.25) is 12.6 Å². The van der Waals surface area contributed by atoms with Gasteiger partial charge in [-0.3, -0.25) is 0 Å². The Balaban J connectivity index is 1.44. The fourth-order valence-electron chi connectivity index (χ4n) is 4.49. The van der Waals surface area contributed by atoms with Gasteiger partial charge in [0.25, 0.3) is 0 Å². The fourth-order valence-corrected chi connectivity index (χ4v) is 4.93. The molecule has 9 heteroatoms. The van der Waals surface area contributed by atoms with Gasteiger partial charge in [-0.2, -0.15) is 13.2 Å². The minimum atomic E-state index is -4.54. The van der Waals surface area contributed by atoms with Crippen molar-refractivity contribution in [3.05, 3.63) is 71.2 Å². The maximum absolute atomic E-state index is 13.0. The number of rotatable bonds is 2. The number of hydrogen-bond acceptors (Lipinski definition) is 5. The average Bonchev–Trinajstić information content (AvgIpc) is 3.50. The van der Waals surface area contributed by atoms with E-state index in [1.165, 1.54) is 6.07 Å². The molecule has 4 heterocycles. The standard InChI is InChI=1S/C22H14F3NO4S/c23-22(24,25)19-6-5-12(30-19)9-26-15-4-2-1-3-13(15)21(20(26)31)10-27-16-8-18-17(7-14(16)21)28-11-29-18/h1-8H,9-11H2. The predicted octanol–water partition coefficient (Wildman–Crippen LogP) is 5.05. The lowest BCUT2D eigenvalue weighted by Gasteiger charge is -2.26. The summed E-state index contributed by atoms with van der Waals surface area (Å²) in [5.74, 6) is 1.02. The number of furan rings is 1. The van der Waals surface area contributed by atoms with E-state index in [1.54, 1.807) is 6.07 Å². The first kappa shape index (κ1) is 18.6. The zero-order valence-electron chi connectivity index (χ0n) is 15.9. The monoisotopic (exact) mass is 445 g/mol. The van der Waals surface area contributed by atoms with E-state index in [2.05, 4.69) is 0 Å². The summed E-state index contributed by atoms with van der Waals surface area (Å²) in [7, 11) is 0. The number of thiocarbonyl (C=S) groups is 1. The molecule has 2 aromatic carbocycles. The van der Waals surface area contributed by atoms with Gasteiger partial charge in [0.05, 0.1) is 6.54 Å². The summed E-state index contributed by atoms with van der Waals surface area (Å²) >= 11 is 5.91. The van der Waals surface area contributed by atoms with Crippen molar-refractivity contribution in [1.29, 1.82) is 0 Å². The molecule has 31 heavy (non-hydrogen) atoms. The summed E-state index contributed by atoms with van der Waals surface area (Å²) < 4.78 is 61.0. The molecule has 1 spiro atoms. The van der Waals surface area contributed by atoms with Crippen LogP contribution >= 0.6 is 12.2 Å². The van der Waals surface area contributed by atoms with Crippen LogP contribution in [0.5, 0.6) is 17.2 Å². The van der Waals surface area contributed by atoms with E-state index in [4.69, 9.17) is 30.8 Å². The molecule has 0 bridgehead atoms. The van der Waals surface area contributed by atoms with Crippen molar-refractivity contribution in [3.63, 3.8) is 0 Å². The van der Waals surface area contributed by atoms with Crippen LogP contribution in [0.3, 0.4) is 0 Å². The molecular weight excluding hydrogens is 431 g/mol. The molecule has 6 rings (SSSR count). The number of hydrogen-bond donors (Lipinski definition) is 0. The van der Waals surface area contributed by atoms with Crippen LogP contribution in [0, 0.1) is 0 Å². The van der Waals surface area contributed by atoms with Crippen molar-refractivity contribution in [3.8, 4) is 17.2 Å². The van der Waals surface area contributed by atoms with Crippen LogP contribution in [0.25, 0.3) is 0 Å². The Bertz CT molecular complexity index is 1240. The first-order valence-electron chi connectivity index (χ1n) is 9.52. The summed E-state index contributed by atoms with van der Waals surface area (Å²) in [6.07, 6.45) is -4.54. The average molecular weight is 445 g/mol. The van der Waals surface area contributed by atoms with Crippen LogP contribution in [0.4, 0.5) is 18.9 Å². The molecule has 1 unspecified atom stereocenters. The molecule has 1 atom stereocenters. The Kier molecular flexibility index (Phi) is 3.69. The molecule has 0 N–H and O–H groups in total. The zero-order chi connectivity index (χ0) is 21.4. The Hall–Kier alpha value is -3.20. The maximum Gasteiger partial charge on any atom is 0.449 e. The molecule has 0 amide bonds. The van der Waals surface area contributed by atoms with Crippen LogP contribution in [0.2, 0.25) is 0 Å². The van der Waals surface area contributed by atoms with Crippen molar-refractivity contribution in [2.24, 2.45) is 0 Å². The molecule has 1 aromatic heterocycles. The summed E-state index contributed by atoms with van der Waals surface area (Å²) in [4.78, 5) is 2.35. The molecule has 0 radical (unpaired) electrons. The maximum atomic E-state index is 13.0. The lowest BCUT2D eigenvalue weighted by molar-refractivity contribution is -0.153. The van der Waals surface area contributed by atoms with Crippen molar-refractivity contribution < 1.29 is 31.8 Å². The highest BCUT2D eigenvalue weighted by Crippen LogP contribution is 2.55. The summed E-state index contributed by atoms with van der Waals surface area (Å²) in [6.45, 7) is 0.496. The highest BCUT2D eigenvalue weighted by Gasteiger charge is 2.54. The Labute approximate surface area is 179 Å². The van der Waals surface area contributed by atoms with Crippen LogP contribution in [0.15, 0.2) is 52.9 Å². The highest BCUT2D eigenvalue weighted by molar-refractivity contribution is 7.80. The first-order valence-corrected chi connectivity index (χ1v) is 9.93. The summed E-state index contributed by atoms with van der Waals surface area (Å²) in [6, 6.07) is 13.6. The number of ether oxygens (including phenoxy) is 3. The van der Waals surface area contributed by atoms with Crippen LogP contribution < -0.4 is 19.1 Å². The van der Waals surface area contributed by atoms with Gasteiger partial charge < -0.3 is 23.5 Å². The van der Waals surface area contributed by atoms with Gasteiger partial charge in [-0.05, 0) is 29.8 Å². The van der Waals surface area contributed by atoms with Crippen molar-refractivity contribution in [1.82, 2.24) is 0 Å². The molecule has 0 saturated carbocycles. The summed E-state index contributed by atoms with van der Waals surface area (Å²) in [5.41, 5.74) is 1.85. The minimum Gasteiger partial charge on any atom is -0.491 e. The van der Waals surface area contributed by atoms with E-state index in [1.807, 2.05) is 35.2 Å². The Morgan fingerprint density at radius 2 is 1.71 bits per heavy atom. The van der Waals surface area contributed by atoms with E-state index in [0.29, 0.717) is 22.2 Å². The van der Waals surface area contributed by atoms with Gasteiger partial charge in [0, 0.05) is 17.3 Å². The Morgan fingerprint density at radius 1 is 0.935 bits per heavy atom. The third-order valence-electron chi connectivity index (χ3n) is 5.90. The molecule has 158 valence electrons. The van der Waals surface area contributed by atoms with E-state index in [-0.39, 0.29) is 25.7 Å². The number of benzene rings is 2. The topological polar surface area (TPSA) is 44.1 Å². The molecule has 0 aliphatic carbocycles. The fraction of sp³-hybridized carbons (Fsp3) is 0.227. The van der Waals surface area contributed by atoms with Gasteiger partial charge >= 0.3 is 6.18 Å². The minimum absolute atomic E-state index is 0.0769. The molecule has 3 aliphatic heterocycles. The number of nitrogens with zero attached hydrogens (tertiary/aromatic N) is 1. The van der Waals surface area contributed by atoms with E-state index >= 15 is 0 Å².